The molecule has 0 saturated carbocycles. The van der Waals surface area contributed by atoms with Crippen molar-refractivity contribution < 1.29 is 9.53 Å². The lowest BCUT2D eigenvalue weighted by Gasteiger charge is -2.47. The molecule has 3 nitrogen and oxygen atoms in total. The molecule has 0 amide bonds. The van der Waals surface area contributed by atoms with Gasteiger partial charge in [0.15, 0.2) is 0 Å². The molecule has 1 unspecified atom stereocenters. The van der Waals surface area contributed by atoms with E-state index in [4.69, 9.17) is 0 Å². The van der Waals surface area contributed by atoms with Crippen LogP contribution in [0.1, 0.15) is 20.8 Å². The summed E-state index contributed by atoms with van der Waals surface area (Å²) in [5.41, 5.74) is 0.377. The number of rotatable bonds is 2. The van der Waals surface area contributed by atoms with Crippen LogP contribution >= 0.6 is 0 Å². The molecule has 1 rings (SSSR count). The molecule has 70 valence electrons. The number of esters is 1. The summed E-state index contributed by atoms with van der Waals surface area (Å²) >= 11 is 0. The van der Waals surface area contributed by atoms with E-state index in [2.05, 4.69) is 23.5 Å². The van der Waals surface area contributed by atoms with Gasteiger partial charge in [0.05, 0.1) is 7.11 Å². The highest BCUT2D eigenvalue weighted by Crippen LogP contribution is 2.30. The SMILES string of the molecule is COC(=O)C(C)N1CC(C)(C)C1. The van der Waals surface area contributed by atoms with Crippen LogP contribution in [0.4, 0.5) is 0 Å². The van der Waals surface area contributed by atoms with Crippen molar-refractivity contribution in [2.75, 3.05) is 20.2 Å². The van der Waals surface area contributed by atoms with Gasteiger partial charge in [0, 0.05) is 13.1 Å². The van der Waals surface area contributed by atoms with Crippen molar-refractivity contribution >= 4 is 5.97 Å². The van der Waals surface area contributed by atoms with E-state index < -0.39 is 0 Å². The van der Waals surface area contributed by atoms with Gasteiger partial charge in [-0.25, -0.2) is 0 Å². The summed E-state index contributed by atoms with van der Waals surface area (Å²) in [6, 6.07) is -0.0805. The predicted octanol–water partition coefficient (Wildman–Crippen LogP) is 0.890. The summed E-state index contributed by atoms with van der Waals surface area (Å²) < 4.78 is 4.66. The second kappa shape index (κ2) is 3.05. The first kappa shape index (κ1) is 9.52. The van der Waals surface area contributed by atoms with Gasteiger partial charge in [-0.05, 0) is 12.3 Å². The average molecular weight is 171 g/mol. The Morgan fingerprint density at radius 3 is 2.33 bits per heavy atom. The summed E-state index contributed by atoms with van der Waals surface area (Å²) in [7, 11) is 1.43. The number of likely N-dealkylation sites (tertiary alicyclic amines) is 1. The molecule has 1 heterocycles. The molecule has 1 aliphatic rings. The largest absolute Gasteiger partial charge is 0.468 e. The summed E-state index contributed by atoms with van der Waals surface area (Å²) in [5.74, 6) is -0.134. The lowest BCUT2D eigenvalue weighted by Crippen LogP contribution is -2.58. The van der Waals surface area contributed by atoms with Gasteiger partial charge in [0.1, 0.15) is 6.04 Å². The van der Waals surface area contributed by atoms with E-state index >= 15 is 0 Å². The maximum atomic E-state index is 11.1. The smallest absolute Gasteiger partial charge is 0.322 e. The minimum Gasteiger partial charge on any atom is -0.468 e. The summed E-state index contributed by atoms with van der Waals surface area (Å²) in [4.78, 5) is 13.2. The predicted molar refractivity (Wildman–Crippen MR) is 46.8 cm³/mol. The molecule has 3 heteroatoms. The van der Waals surface area contributed by atoms with E-state index in [-0.39, 0.29) is 12.0 Å². The van der Waals surface area contributed by atoms with Gasteiger partial charge >= 0.3 is 5.97 Å². The number of carbonyl (C=O) groups is 1. The summed E-state index contributed by atoms with van der Waals surface area (Å²) in [6.45, 7) is 8.27. The Kier molecular flexibility index (Phi) is 2.42. The lowest BCUT2D eigenvalue weighted by atomic mass is 9.83. The molecular weight excluding hydrogens is 154 g/mol. The molecule has 0 aliphatic carbocycles. The van der Waals surface area contributed by atoms with Gasteiger partial charge in [0.2, 0.25) is 0 Å². The van der Waals surface area contributed by atoms with Crippen molar-refractivity contribution in [3.8, 4) is 0 Å². The van der Waals surface area contributed by atoms with Crippen molar-refractivity contribution in [2.24, 2.45) is 5.41 Å². The molecule has 0 N–H and O–H groups in total. The third kappa shape index (κ3) is 1.78. The fourth-order valence-corrected chi connectivity index (χ4v) is 1.65. The van der Waals surface area contributed by atoms with Crippen LogP contribution in [0.3, 0.4) is 0 Å². The topological polar surface area (TPSA) is 29.5 Å². The van der Waals surface area contributed by atoms with Crippen molar-refractivity contribution in [1.29, 1.82) is 0 Å². The molecule has 0 radical (unpaired) electrons. The number of hydrogen-bond acceptors (Lipinski definition) is 3. The second-order valence-electron chi connectivity index (χ2n) is 4.27. The second-order valence-corrected chi connectivity index (χ2v) is 4.27. The van der Waals surface area contributed by atoms with E-state index in [1.807, 2.05) is 6.92 Å². The molecular formula is C9H17NO2. The number of hydrogen-bond donors (Lipinski definition) is 0. The van der Waals surface area contributed by atoms with Crippen LogP contribution < -0.4 is 0 Å². The Bertz CT molecular complexity index is 181. The molecule has 0 bridgehead atoms. The normalized spacial score (nSPS) is 24.3. The fraction of sp³-hybridized carbons (Fsp3) is 0.889. The number of carbonyl (C=O) groups excluding carboxylic acids is 1. The Hall–Kier alpha value is -0.570. The number of ether oxygens (including phenoxy) is 1. The van der Waals surface area contributed by atoms with E-state index in [1.54, 1.807) is 0 Å². The van der Waals surface area contributed by atoms with Crippen molar-refractivity contribution in [3.05, 3.63) is 0 Å². The Balaban J connectivity index is 2.38. The standard InChI is InChI=1S/C9H17NO2/c1-7(8(11)12-4)10-5-9(2,3)6-10/h7H,5-6H2,1-4H3. The Morgan fingerprint density at radius 1 is 1.50 bits per heavy atom. The quantitative estimate of drug-likeness (QED) is 0.578. The molecule has 1 aliphatic heterocycles. The lowest BCUT2D eigenvalue weighted by molar-refractivity contribution is -0.150. The highest BCUT2D eigenvalue weighted by atomic mass is 16.5. The van der Waals surface area contributed by atoms with Gasteiger partial charge < -0.3 is 4.74 Å². The molecule has 0 aromatic carbocycles. The van der Waals surface area contributed by atoms with Crippen LogP contribution in [0, 0.1) is 5.41 Å². The van der Waals surface area contributed by atoms with Crippen LogP contribution in [-0.2, 0) is 9.53 Å². The maximum Gasteiger partial charge on any atom is 0.322 e. The Morgan fingerprint density at radius 2 is 2.00 bits per heavy atom. The first-order valence-corrected chi connectivity index (χ1v) is 4.28. The molecule has 0 spiro atoms. The zero-order chi connectivity index (χ0) is 9.35. The van der Waals surface area contributed by atoms with Gasteiger partial charge in [-0.15, -0.1) is 0 Å². The maximum absolute atomic E-state index is 11.1. The molecule has 1 saturated heterocycles. The minimum absolute atomic E-state index is 0.0805. The van der Waals surface area contributed by atoms with Crippen LogP contribution in [0.25, 0.3) is 0 Å². The van der Waals surface area contributed by atoms with E-state index in [1.165, 1.54) is 7.11 Å². The van der Waals surface area contributed by atoms with Gasteiger partial charge in [-0.3, -0.25) is 9.69 Å². The Labute approximate surface area is 73.7 Å². The van der Waals surface area contributed by atoms with Crippen LogP contribution in [0.2, 0.25) is 0 Å². The summed E-state index contributed by atoms with van der Waals surface area (Å²) in [5, 5.41) is 0. The van der Waals surface area contributed by atoms with E-state index in [0.29, 0.717) is 5.41 Å². The van der Waals surface area contributed by atoms with Crippen LogP contribution in [-0.4, -0.2) is 37.1 Å². The summed E-state index contributed by atoms with van der Waals surface area (Å²) in [6.07, 6.45) is 0. The van der Waals surface area contributed by atoms with Gasteiger partial charge in [-0.2, -0.15) is 0 Å². The molecule has 1 fully saturated rings. The molecule has 0 aromatic rings. The van der Waals surface area contributed by atoms with Crippen LogP contribution in [0.5, 0.6) is 0 Å². The van der Waals surface area contributed by atoms with Crippen molar-refractivity contribution in [1.82, 2.24) is 4.90 Å². The highest BCUT2D eigenvalue weighted by Gasteiger charge is 2.39. The zero-order valence-electron chi connectivity index (χ0n) is 8.26. The van der Waals surface area contributed by atoms with E-state index in [9.17, 15) is 4.79 Å². The van der Waals surface area contributed by atoms with Crippen LogP contribution in [0.15, 0.2) is 0 Å². The first-order chi connectivity index (χ1) is 5.46. The van der Waals surface area contributed by atoms with Crippen molar-refractivity contribution in [3.63, 3.8) is 0 Å². The van der Waals surface area contributed by atoms with Gasteiger partial charge in [-0.1, -0.05) is 13.8 Å². The third-order valence-electron chi connectivity index (χ3n) is 2.35. The van der Waals surface area contributed by atoms with E-state index in [0.717, 1.165) is 13.1 Å². The average Bonchev–Trinajstić information content (AvgIpc) is 1.97. The zero-order valence-corrected chi connectivity index (χ0v) is 8.26. The van der Waals surface area contributed by atoms with Crippen molar-refractivity contribution in [2.45, 2.75) is 26.8 Å². The molecule has 0 aromatic heterocycles. The fourth-order valence-electron chi connectivity index (χ4n) is 1.65. The third-order valence-corrected chi connectivity index (χ3v) is 2.35. The highest BCUT2D eigenvalue weighted by molar-refractivity contribution is 5.75. The number of nitrogens with zero attached hydrogens (tertiary/aromatic N) is 1. The first-order valence-electron chi connectivity index (χ1n) is 4.28. The van der Waals surface area contributed by atoms with Gasteiger partial charge in [0.25, 0.3) is 0 Å². The molecule has 1 atom stereocenters. The monoisotopic (exact) mass is 171 g/mol. The number of methoxy groups -OCH3 is 1. The minimum atomic E-state index is -0.134. The molecule has 12 heavy (non-hydrogen) atoms.